The smallest absolute Gasteiger partial charge is 0.443 e. The van der Waals surface area contributed by atoms with Crippen molar-refractivity contribution < 1.29 is 22.7 Å². The Morgan fingerprint density at radius 1 is 1.07 bits per heavy atom. The number of hydrogen-bond acceptors (Lipinski definition) is 5. The van der Waals surface area contributed by atoms with Crippen LogP contribution >= 0.6 is 11.3 Å². The van der Waals surface area contributed by atoms with Crippen molar-refractivity contribution in [1.82, 2.24) is 14.8 Å². The third kappa shape index (κ3) is 6.07. The predicted octanol–water partition coefficient (Wildman–Crippen LogP) is 4.51. The monoisotopic (exact) mass is 407 g/mol. The van der Waals surface area contributed by atoms with Crippen molar-refractivity contribution in [3.05, 3.63) is 15.6 Å². The van der Waals surface area contributed by atoms with E-state index in [1.54, 1.807) is 4.90 Å². The first-order valence-electron chi connectivity index (χ1n) is 8.94. The third-order valence-electron chi connectivity index (χ3n) is 4.04. The summed E-state index contributed by atoms with van der Waals surface area (Å²) >= 11 is 0.719. The number of aromatic nitrogens is 1. The van der Waals surface area contributed by atoms with Crippen molar-refractivity contribution >= 4 is 17.4 Å². The SMILES string of the molecule is CC(C)(C)OC(=O)N1CCN(Cc2sc(C(F)(F)F)nc2C(C)(C)C)CC1. The molecule has 27 heavy (non-hydrogen) atoms. The van der Waals surface area contributed by atoms with E-state index in [-0.39, 0.29) is 6.09 Å². The van der Waals surface area contributed by atoms with E-state index in [4.69, 9.17) is 4.74 Å². The van der Waals surface area contributed by atoms with Crippen LogP contribution in [-0.4, -0.2) is 52.7 Å². The molecule has 1 aromatic heterocycles. The zero-order valence-corrected chi connectivity index (χ0v) is 17.6. The number of nitrogens with zero attached hydrogens (tertiary/aromatic N) is 3. The lowest BCUT2D eigenvalue weighted by atomic mass is 9.91. The molecule has 1 aliphatic rings. The number of ether oxygens (including phenoxy) is 1. The van der Waals surface area contributed by atoms with Gasteiger partial charge in [0.15, 0.2) is 5.01 Å². The highest BCUT2D eigenvalue weighted by molar-refractivity contribution is 7.11. The number of thiazole rings is 1. The van der Waals surface area contributed by atoms with Crippen molar-refractivity contribution in [3.8, 4) is 0 Å². The van der Waals surface area contributed by atoms with Gasteiger partial charge in [-0.25, -0.2) is 9.78 Å². The van der Waals surface area contributed by atoms with Crippen LogP contribution in [0.4, 0.5) is 18.0 Å². The molecule has 0 N–H and O–H groups in total. The summed E-state index contributed by atoms with van der Waals surface area (Å²) in [7, 11) is 0. The van der Waals surface area contributed by atoms with Crippen LogP contribution < -0.4 is 0 Å². The fourth-order valence-electron chi connectivity index (χ4n) is 2.78. The number of amides is 1. The van der Waals surface area contributed by atoms with Crippen molar-refractivity contribution in [2.24, 2.45) is 0 Å². The molecule has 1 fully saturated rings. The van der Waals surface area contributed by atoms with Gasteiger partial charge in [-0.15, -0.1) is 11.3 Å². The number of halogens is 3. The number of carbonyl (C=O) groups excluding carboxylic acids is 1. The van der Waals surface area contributed by atoms with E-state index >= 15 is 0 Å². The normalized spacial score (nSPS) is 17.3. The average Bonchev–Trinajstić information content (AvgIpc) is 2.90. The van der Waals surface area contributed by atoms with Gasteiger partial charge in [0, 0.05) is 43.0 Å². The number of carbonyl (C=O) groups is 1. The van der Waals surface area contributed by atoms with Crippen LogP contribution in [0.1, 0.15) is 57.1 Å². The van der Waals surface area contributed by atoms with Gasteiger partial charge in [0.05, 0.1) is 5.69 Å². The number of hydrogen-bond donors (Lipinski definition) is 0. The zero-order valence-electron chi connectivity index (χ0n) is 16.7. The summed E-state index contributed by atoms with van der Waals surface area (Å²) in [6, 6.07) is 0. The molecule has 2 rings (SSSR count). The summed E-state index contributed by atoms with van der Waals surface area (Å²) in [6.45, 7) is 13.6. The van der Waals surface area contributed by atoms with Crippen LogP contribution in [0, 0.1) is 0 Å². The molecular weight excluding hydrogens is 379 g/mol. The standard InChI is InChI=1S/C18H28F3N3O2S/c1-16(2,3)13-12(27-14(22-13)18(19,20)21)11-23-7-9-24(10-8-23)15(25)26-17(4,5)6/h7-11H2,1-6H3. The minimum absolute atomic E-state index is 0.352. The van der Waals surface area contributed by atoms with Crippen LogP contribution in [0.15, 0.2) is 0 Å². The van der Waals surface area contributed by atoms with E-state index in [1.165, 1.54) is 0 Å². The average molecular weight is 408 g/mol. The van der Waals surface area contributed by atoms with Crippen LogP contribution in [0.25, 0.3) is 0 Å². The fourth-order valence-corrected chi connectivity index (χ4v) is 3.97. The van der Waals surface area contributed by atoms with Crippen molar-refractivity contribution in [2.45, 2.75) is 65.3 Å². The maximum absolute atomic E-state index is 13.1. The Balaban J connectivity index is 2.05. The van der Waals surface area contributed by atoms with Crippen LogP contribution in [-0.2, 0) is 22.9 Å². The van der Waals surface area contributed by atoms with Crippen LogP contribution in [0.3, 0.4) is 0 Å². The molecule has 0 radical (unpaired) electrons. The molecule has 0 unspecified atom stereocenters. The molecule has 154 valence electrons. The maximum atomic E-state index is 13.1. The van der Waals surface area contributed by atoms with Crippen LogP contribution in [0.2, 0.25) is 0 Å². The lowest BCUT2D eigenvalue weighted by Crippen LogP contribution is -2.49. The predicted molar refractivity (Wildman–Crippen MR) is 98.9 cm³/mol. The van der Waals surface area contributed by atoms with Crippen molar-refractivity contribution in [3.63, 3.8) is 0 Å². The third-order valence-corrected chi connectivity index (χ3v) is 5.13. The van der Waals surface area contributed by atoms with E-state index in [9.17, 15) is 18.0 Å². The number of rotatable bonds is 2. The first-order valence-corrected chi connectivity index (χ1v) is 9.76. The van der Waals surface area contributed by atoms with Crippen LogP contribution in [0.5, 0.6) is 0 Å². The maximum Gasteiger partial charge on any atom is 0.443 e. The van der Waals surface area contributed by atoms with Gasteiger partial charge >= 0.3 is 12.3 Å². The molecule has 0 saturated carbocycles. The molecule has 9 heteroatoms. The molecule has 1 aromatic rings. The second-order valence-corrected chi connectivity index (χ2v) is 9.87. The van der Waals surface area contributed by atoms with Gasteiger partial charge in [-0.3, -0.25) is 4.90 Å². The molecule has 0 bridgehead atoms. The molecule has 0 atom stereocenters. The highest BCUT2D eigenvalue weighted by Crippen LogP contribution is 2.38. The molecular formula is C18H28F3N3O2S. The lowest BCUT2D eigenvalue weighted by molar-refractivity contribution is -0.137. The lowest BCUT2D eigenvalue weighted by Gasteiger charge is -2.35. The first kappa shape index (κ1) is 21.9. The second-order valence-electron chi connectivity index (χ2n) is 8.78. The second kappa shape index (κ2) is 7.58. The van der Waals surface area contributed by atoms with Gasteiger partial charge in [0.2, 0.25) is 0 Å². The Kier molecular flexibility index (Phi) is 6.16. The largest absolute Gasteiger partial charge is 0.444 e. The quantitative estimate of drug-likeness (QED) is 0.724. The summed E-state index contributed by atoms with van der Waals surface area (Å²) in [5.41, 5.74) is -0.519. The first-order chi connectivity index (χ1) is 12.2. The fraction of sp³-hybridized carbons (Fsp3) is 0.778. The molecule has 0 aromatic carbocycles. The van der Waals surface area contributed by atoms with Gasteiger partial charge in [-0.2, -0.15) is 13.2 Å². The highest BCUT2D eigenvalue weighted by atomic mass is 32.1. The van der Waals surface area contributed by atoms with E-state index in [2.05, 4.69) is 9.88 Å². The minimum Gasteiger partial charge on any atom is -0.444 e. The summed E-state index contributed by atoms with van der Waals surface area (Å²) in [4.78, 5) is 20.4. The highest BCUT2D eigenvalue weighted by Gasteiger charge is 2.38. The number of alkyl halides is 3. The topological polar surface area (TPSA) is 45.7 Å². The van der Waals surface area contributed by atoms with Gasteiger partial charge in [0.25, 0.3) is 0 Å². The number of piperazine rings is 1. The molecule has 5 nitrogen and oxygen atoms in total. The van der Waals surface area contributed by atoms with E-state index in [0.29, 0.717) is 43.3 Å². The molecule has 1 amide bonds. The molecule has 1 saturated heterocycles. The Bertz CT molecular complexity index is 667. The van der Waals surface area contributed by atoms with Gasteiger partial charge in [-0.1, -0.05) is 20.8 Å². The summed E-state index contributed by atoms with van der Waals surface area (Å²) in [5.74, 6) is 0. The molecule has 1 aliphatic heterocycles. The summed E-state index contributed by atoms with van der Waals surface area (Å²) < 4.78 is 44.7. The van der Waals surface area contributed by atoms with E-state index in [0.717, 1.165) is 11.3 Å². The van der Waals surface area contributed by atoms with E-state index in [1.807, 2.05) is 41.5 Å². The summed E-state index contributed by atoms with van der Waals surface area (Å²) in [6.07, 6.45) is -4.78. The minimum atomic E-state index is -4.43. The molecule has 0 aliphatic carbocycles. The Morgan fingerprint density at radius 2 is 1.63 bits per heavy atom. The van der Waals surface area contributed by atoms with Gasteiger partial charge in [-0.05, 0) is 20.8 Å². The van der Waals surface area contributed by atoms with Crippen molar-refractivity contribution in [2.75, 3.05) is 26.2 Å². The molecule has 0 spiro atoms. The van der Waals surface area contributed by atoms with Gasteiger partial charge < -0.3 is 9.64 Å². The van der Waals surface area contributed by atoms with Gasteiger partial charge in [0.1, 0.15) is 5.60 Å². The Morgan fingerprint density at radius 3 is 2.07 bits per heavy atom. The molecule has 2 heterocycles. The van der Waals surface area contributed by atoms with E-state index < -0.39 is 22.2 Å². The van der Waals surface area contributed by atoms with Crippen molar-refractivity contribution in [1.29, 1.82) is 0 Å². The zero-order chi connectivity index (χ0) is 20.6. The Labute approximate surface area is 162 Å². The Hall–Kier alpha value is -1.35. The summed E-state index contributed by atoms with van der Waals surface area (Å²) in [5, 5.41) is -0.796.